The summed E-state index contributed by atoms with van der Waals surface area (Å²) in [4.78, 5) is 5.23. The molecule has 2 aromatic carbocycles. The second-order valence-electron chi connectivity index (χ2n) is 12.3. The van der Waals surface area contributed by atoms with Crippen molar-refractivity contribution < 1.29 is 0 Å². The number of pyridine rings is 1. The molecule has 0 fully saturated rings. The molecule has 1 aliphatic carbocycles. The number of rotatable bonds is 6. The Morgan fingerprint density at radius 2 is 1.52 bits per heavy atom. The monoisotopic (exact) mass is 534 g/mol. The molecule has 4 aromatic rings. The van der Waals surface area contributed by atoms with Crippen molar-refractivity contribution in [1.29, 1.82) is 0 Å². The van der Waals surface area contributed by atoms with Crippen LogP contribution in [-0.2, 0) is 0 Å². The minimum absolute atomic E-state index is 0.421. The van der Waals surface area contributed by atoms with Gasteiger partial charge in [-0.05, 0) is 103 Å². The van der Waals surface area contributed by atoms with Gasteiger partial charge in [-0.3, -0.25) is 4.40 Å². The maximum atomic E-state index is 5.23. The van der Waals surface area contributed by atoms with Gasteiger partial charge in [-0.1, -0.05) is 91.8 Å². The Kier molecular flexibility index (Phi) is 9.08. The predicted octanol–water partition coefficient (Wildman–Crippen LogP) is 11.6. The van der Waals surface area contributed by atoms with E-state index >= 15 is 0 Å². The van der Waals surface area contributed by atoms with Crippen molar-refractivity contribution in [2.75, 3.05) is 0 Å². The van der Waals surface area contributed by atoms with Gasteiger partial charge in [-0.25, -0.2) is 4.98 Å². The topological polar surface area (TPSA) is 17.3 Å². The van der Waals surface area contributed by atoms with E-state index < -0.39 is 0 Å². The van der Waals surface area contributed by atoms with Gasteiger partial charge in [-0.2, -0.15) is 0 Å². The van der Waals surface area contributed by atoms with Crippen LogP contribution in [-0.4, -0.2) is 9.38 Å². The largest absolute Gasteiger partial charge is 0.292 e. The third-order valence-electron chi connectivity index (χ3n) is 8.59. The number of nitrogens with zero attached hydrogens (tertiary/aromatic N) is 2. The lowest BCUT2D eigenvalue weighted by atomic mass is 9.82. The van der Waals surface area contributed by atoms with Gasteiger partial charge in [0.15, 0.2) is 0 Å². The molecule has 1 unspecified atom stereocenters. The number of hydrogen-bond donors (Lipinski definition) is 0. The number of aromatic nitrogens is 2. The van der Waals surface area contributed by atoms with E-state index in [0.717, 1.165) is 18.5 Å². The second-order valence-corrected chi connectivity index (χ2v) is 12.3. The average molecular weight is 535 g/mol. The van der Waals surface area contributed by atoms with E-state index in [1.807, 2.05) is 13.8 Å². The predicted molar refractivity (Wildman–Crippen MR) is 177 cm³/mol. The number of fused-ring (bicyclic) bond motifs is 6. The van der Waals surface area contributed by atoms with Crippen LogP contribution in [0.4, 0.5) is 0 Å². The summed E-state index contributed by atoms with van der Waals surface area (Å²) in [6.07, 6.45) is 13.5. The Hall–Kier alpha value is -3.13. The number of benzene rings is 2. The van der Waals surface area contributed by atoms with Gasteiger partial charge in [0.05, 0.1) is 17.4 Å². The normalized spacial score (nSPS) is 15.1. The second kappa shape index (κ2) is 12.2. The van der Waals surface area contributed by atoms with Crippen LogP contribution >= 0.6 is 0 Å². The smallest absolute Gasteiger partial charge is 0.141 e. The molecule has 0 radical (unpaired) electrons. The minimum atomic E-state index is 0.421. The van der Waals surface area contributed by atoms with Crippen LogP contribution in [0.1, 0.15) is 138 Å². The highest BCUT2D eigenvalue weighted by molar-refractivity contribution is 5.96. The quantitative estimate of drug-likeness (QED) is 0.225. The van der Waals surface area contributed by atoms with E-state index in [9.17, 15) is 0 Å². The van der Waals surface area contributed by atoms with Crippen molar-refractivity contribution >= 4 is 22.6 Å². The fourth-order valence-electron chi connectivity index (χ4n) is 6.25. The standard InChI is InChI=1S/C36H44N2.C2H6/c1-10-11-13-26-14-12-15-28-31-16-24(8)25(9)17-32(31)38-33(20-37-36(38)34(26)28)35-29(22(4)5)18-27(21(2)3)19-30(35)23(6)7;1-2/h10-12,15-23,26H,13-14H2,1-9H3;1-2H3. The molecule has 0 amide bonds. The highest BCUT2D eigenvalue weighted by atomic mass is 15.0. The molecule has 5 rings (SSSR count). The summed E-state index contributed by atoms with van der Waals surface area (Å²) in [5, 5.41) is 1.34. The fraction of sp³-hybridized carbons (Fsp3) is 0.447. The molecule has 40 heavy (non-hydrogen) atoms. The van der Waals surface area contributed by atoms with Crippen molar-refractivity contribution in [3.05, 3.63) is 87.6 Å². The number of allylic oxidation sites excluding steroid dienone is 3. The van der Waals surface area contributed by atoms with Crippen molar-refractivity contribution in [3.8, 4) is 11.3 Å². The third kappa shape index (κ3) is 5.18. The van der Waals surface area contributed by atoms with E-state index in [2.05, 4.69) is 121 Å². The Morgan fingerprint density at radius 1 is 0.900 bits per heavy atom. The van der Waals surface area contributed by atoms with Gasteiger partial charge >= 0.3 is 0 Å². The van der Waals surface area contributed by atoms with Gasteiger partial charge in [-0.15, -0.1) is 0 Å². The highest BCUT2D eigenvalue weighted by Crippen LogP contribution is 2.44. The summed E-state index contributed by atoms with van der Waals surface area (Å²) in [6.45, 7) is 24.5. The molecule has 0 N–H and O–H groups in total. The summed E-state index contributed by atoms with van der Waals surface area (Å²) >= 11 is 0. The molecule has 1 aliphatic rings. The lowest BCUT2D eigenvalue weighted by Crippen LogP contribution is -2.10. The highest BCUT2D eigenvalue weighted by Gasteiger charge is 2.27. The summed E-state index contributed by atoms with van der Waals surface area (Å²) < 4.78 is 2.50. The van der Waals surface area contributed by atoms with Crippen LogP contribution in [0.3, 0.4) is 0 Å². The van der Waals surface area contributed by atoms with Crippen LogP contribution in [0.15, 0.2) is 48.7 Å². The molecule has 1 atom stereocenters. The van der Waals surface area contributed by atoms with E-state index in [1.165, 1.54) is 61.1 Å². The number of aryl methyl sites for hydroxylation is 2. The van der Waals surface area contributed by atoms with Gasteiger partial charge in [0.1, 0.15) is 5.65 Å². The summed E-state index contributed by atoms with van der Waals surface area (Å²) in [6, 6.07) is 9.72. The van der Waals surface area contributed by atoms with Crippen LogP contribution in [0.5, 0.6) is 0 Å². The Balaban J connectivity index is 0.00000181. The molecule has 0 saturated carbocycles. The average Bonchev–Trinajstić information content (AvgIpc) is 3.37. The van der Waals surface area contributed by atoms with Crippen molar-refractivity contribution in [2.45, 2.75) is 113 Å². The van der Waals surface area contributed by atoms with Gasteiger partial charge < -0.3 is 0 Å². The van der Waals surface area contributed by atoms with Crippen molar-refractivity contribution in [1.82, 2.24) is 9.38 Å². The molecule has 212 valence electrons. The number of hydrogen-bond acceptors (Lipinski definition) is 1. The van der Waals surface area contributed by atoms with Gasteiger partial charge in [0, 0.05) is 16.5 Å². The molecule has 2 nitrogen and oxygen atoms in total. The molecule has 2 heterocycles. The zero-order valence-electron chi connectivity index (χ0n) is 26.8. The third-order valence-corrected chi connectivity index (χ3v) is 8.59. The summed E-state index contributed by atoms with van der Waals surface area (Å²) in [7, 11) is 0. The Labute approximate surface area is 243 Å². The molecular formula is C38H50N2. The van der Waals surface area contributed by atoms with E-state index in [4.69, 9.17) is 4.98 Å². The van der Waals surface area contributed by atoms with Crippen molar-refractivity contribution in [3.63, 3.8) is 0 Å². The molecule has 0 aliphatic heterocycles. The number of imidazole rings is 1. The Bertz CT molecular complexity index is 1540. The minimum Gasteiger partial charge on any atom is -0.292 e. The van der Waals surface area contributed by atoms with Gasteiger partial charge in [0.25, 0.3) is 0 Å². The molecule has 2 heteroatoms. The molecule has 0 bridgehead atoms. The zero-order valence-corrected chi connectivity index (χ0v) is 26.8. The summed E-state index contributed by atoms with van der Waals surface area (Å²) in [5.74, 6) is 1.78. The first-order chi connectivity index (χ1) is 19.1. The molecule has 0 saturated heterocycles. The van der Waals surface area contributed by atoms with Gasteiger partial charge in [0.2, 0.25) is 0 Å². The molecule has 0 spiro atoms. The van der Waals surface area contributed by atoms with Crippen molar-refractivity contribution in [2.24, 2.45) is 0 Å². The maximum absolute atomic E-state index is 5.23. The maximum Gasteiger partial charge on any atom is 0.141 e. The van der Waals surface area contributed by atoms with Crippen LogP contribution in [0.25, 0.3) is 33.9 Å². The SMILES string of the molecule is CC.CC=CCC1CC=Cc2c1c1ncc(-c3c(C(C)C)cc(C(C)C)cc3C(C)C)n1c1cc(C)c(C)cc21. The first-order valence-corrected chi connectivity index (χ1v) is 15.5. The van der Waals surface area contributed by atoms with E-state index in [-0.39, 0.29) is 0 Å². The molecule has 2 aromatic heterocycles. The lowest BCUT2D eigenvalue weighted by molar-refractivity contribution is 0.707. The molecular weight excluding hydrogens is 484 g/mol. The Morgan fingerprint density at radius 3 is 2.10 bits per heavy atom. The van der Waals surface area contributed by atoms with Crippen LogP contribution in [0, 0.1) is 13.8 Å². The van der Waals surface area contributed by atoms with E-state index in [1.54, 1.807) is 0 Å². The first-order valence-electron chi connectivity index (χ1n) is 15.5. The van der Waals surface area contributed by atoms with E-state index in [0.29, 0.717) is 23.7 Å². The van der Waals surface area contributed by atoms with Crippen LogP contribution < -0.4 is 0 Å². The lowest BCUT2D eigenvalue weighted by Gasteiger charge is -2.26. The first kappa shape index (κ1) is 29.8. The van der Waals surface area contributed by atoms with Crippen LogP contribution in [0.2, 0.25) is 0 Å². The fourth-order valence-corrected chi connectivity index (χ4v) is 6.25. The zero-order chi connectivity index (χ0) is 29.3. The summed E-state index contributed by atoms with van der Waals surface area (Å²) in [5.41, 5.74) is 14.7.